The fourth-order valence-corrected chi connectivity index (χ4v) is 0. The Bertz CT molecular complexity index is 55.6. The maximum absolute atomic E-state index is 11.3. The van der Waals surface area contributed by atoms with Gasteiger partial charge in [-0.15, -0.1) is 0 Å². The first-order valence-corrected chi connectivity index (χ1v) is 1.48. The van der Waals surface area contributed by atoms with E-state index in [1.165, 1.54) is 0 Å². The molecule has 0 spiro atoms. The van der Waals surface area contributed by atoms with Gasteiger partial charge in [-0.05, 0) is 6.92 Å². The molecule has 0 aromatic heterocycles. The predicted octanol–water partition coefficient (Wildman–Crippen LogP) is 1.99. The zero-order chi connectivity index (χ0) is 5.15. The fraction of sp³-hybridized carbons (Fsp3) is 0.250. The Morgan fingerprint density at radius 3 is 1.67 bits per heavy atom. The third-order valence-electron chi connectivity index (χ3n) is 0.374. The van der Waals surface area contributed by atoms with E-state index < -0.39 is 11.7 Å². The largest absolute Gasteiger partial charge is 0.209 e. The maximum Gasteiger partial charge on any atom is 0.131 e. The summed E-state index contributed by atoms with van der Waals surface area (Å²) in [6.45, 7) is 3.69. The first-order valence-electron chi connectivity index (χ1n) is 1.48. The Kier molecular flexibility index (Phi) is 1.77. The Labute approximate surface area is 35.5 Å². The van der Waals surface area contributed by atoms with Crippen molar-refractivity contribution in [1.82, 2.24) is 0 Å². The molecule has 0 amide bonds. The number of hydrogen-bond donors (Lipinski definition) is 0. The molecular weight excluding hydrogens is 86.0 g/mol. The summed E-state index contributed by atoms with van der Waals surface area (Å²) in [4.78, 5) is 0. The highest BCUT2D eigenvalue weighted by molar-refractivity contribution is 4.98. The summed E-state index contributed by atoms with van der Waals surface area (Å²) in [6.07, 6.45) is 0. The first kappa shape index (κ1) is 5.60. The fourth-order valence-electron chi connectivity index (χ4n) is 0. The lowest BCUT2D eigenvalue weighted by Crippen LogP contribution is -1.62. The maximum atomic E-state index is 11.3. The highest BCUT2D eigenvalue weighted by atomic mass is 19.2. The van der Waals surface area contributed by atoms with Crippen molar-refractivity contribution in [3.63, 3.8) is 0 Å². The molecule has 0 aromatic rings. The van der Waals surface area contributed by atoms with Crippen LogP contribution in [-0.2, 0) is 0 Å². The molecule has 0 aliphatic rings. The molecule has 0 N–H and O–H groups in total. The highest BCUT2D eigenvalue weighted by Crippen LogP contribution is 2.02. The first-order chi connectivity index (χ1) is 2.64. The van der Waals surface area contributed by atoms with Crippen LogP contribution in [0, 0.1) is 6.92 Å². The minimum absolute atomic E-state index is 0.852. The molecule has 0 nitrogen and oxygen atoms in total. The van der Waals surface area contributed by atoms with Crippen molar-refractivity contribution in [2.45, 2.75) is 6.92 Å². The second-order valence-electron chi connectivity index (χ2n) is 0.938. The molecule has 0 aliphatic heterocycles. The van der Waals surface area contributed by atoms with E-state index in [-0.39, 0.29) is 0 Å². The number of hydrogen-bond acceptors (Lipinski definition) is 0. The Hall–Kier alpha value is -0.400. The van der Waals surface area contributed by atoms with Gasteiger partial charge >= 0.3 is 0 Å². The van der Waals surface area contributed by atoms with Crippen LogP contribution >= 0.6 is 0 Å². The van der Waals surface area contributed by atoms with Crippen LogP contribution in [0.5, 0.6) is 0 Å². The van der Waals surface area contributed by atoms with Crippen LogP contribution in [0.25, 0.3) is 0 Å². The lowest BCUT2D eigenvalue weighted by atomic mass is 10.5. The van der Waals surface area contributed by atoms with E-state index in [0.717, 1.165) is 6.92 Å². The molecule has 6 heavy (non-hydrogen) atoms. The number of allylic oxidation sites excluding steroid dienone is 2. The third-order valence-corrected chi connectivity index (χ3v) is 0.374. The van der Waals surface area contributed by atoms with Gasteiger partial charge in [0.15, 0.2) is 0 Å². The zero-order valence-corrected chi connectivity index (χ0v) is 3.46. The molecule has 0 fully saturated rings. The van der Waals surface area contributed by atoms with Crippen LogP contribution in [0.2, 0.25) is 0 Å². The summed E-state index contributed by atoms with van der Waals surface area (Å²) in [6, 6.07) is 0. The van der Waals surface area contributed by atoms with E-state index in [9.17, 15) is 8.78 Å². The van der Waals surface area contributed by atoms with Gasteiger partial charge in [0.05, 0.1) is 0 Å². The van der Waals surface area contributed by atoms with Crippen molar-refractivity contribution >= 4 is 0 Å². The number of halogens is 2. The van der Waals surface area contributed by atoms with Crippen LogP contribution in [-0.4, -0.2) is 0 Å². The summed E-state index contributed by atoms with van der Waals surface area (Å²) in [5, 5.41) is 0. The van der Waals surface area contributed by atoms with Gasteiger partial charge in [-0.3, -0.25) is 0 Å². The molecule has 0 aromatic carbocycles. The molecule has 1 radical (unpaired) electrons. The van der Waals surface area contributed by atoms with Gasteiger partial charge in [0.1, 0.15) is 11.7 Å². The second-order valence-corrected chi connectivity index (χ2v) is 0.938. The van der Waals surface area contributed by atoms with Gasteiger partial charge < -0.3 is 0 Å². The van der Waals surface area contributed by atoms with Gasteiger partial charge in [-0.1, -0.05) is 0 Å². The normalized spacial score (nSPS) is 14.0. The Balaban J connectivity index is 3.68. The van der Waals surface area contributed by atoms with Crippen LogP contribution in [0.4, 0.5) is 8.78 Å². The van der Waals surface area contributed by atoms with E-state index in [4.69, 9.17) is 0 Å². The van der Waals surface area contributed by atoms with Crippen LogP contribution in [0.1, 0.15) is 6.92 Å². The quantitative estimate of drug-likeness (QED) is 0.427. The summed E-state index contributed by atoms with van der Waals surface area (Å²) in [7, 11) is 0. The molecule has 0 saturated heterocycles. The highest BCUT2D eigenvalue weighted by Gasteiger charge is 1.86. The van der Waals surface area contributed by atoms with Crippen LogP contribution in [0.3, 0.4) is 0 Å². The Morgan fingerprint density at radius 2 is 1.67 bits per heavy atom. The molecule has 0 unspecified atom stereocenters. The summed E-state index contributed by atoms with van der Waals surface area (Å²) < 4.78 is 22.5. The van der Waals surface area contributed by atoms with Gasteiger partial charge in [0.25, 0.3) is 0 Å². The molecule has 0 heterocycles. The van der Waals surface area contributed by atoms with E-state index in [0.29, 0.717) is 0 Å². The average Bonchev–Trinajstić information content (AvgIpc) is 1.36. The zero-order valence-electron chi connectivity index (χ0n) is 3.46. The monoisotopic (exact) mass is 91.0 g/mol. The average molecular weight is 91.1 g/mol. The molecule has 0 rings (SSSR count). The summed E-state index contributed by atoms with van der Waals surface area (Å²) in [5.41, 5.74) is 0. The minimum atomic E-state index is -0.991. The van der Waals surface area contributed by atoms with Gasteiger partial charge in [0.2, 0.25) is 0 Å². The third kappa shape index (κ3) is 1.88. The lowest BCUT2D eigenvalue weighted by Gasteiger charge is -1.78. The number of rotatable bonds is 0. The minimum Gasteiger partial charge on any atom is -0.209 e. The molecule has 0 saturated carbocycles. The summed E-state index contributed by atoms with van der Waals surface area (Å²) >= 11 is 0. The molecule has 35 valence electrons. The SMILES string of the molecule is [CH2]/C(F)=C(/C)F. The predicted molar refractivity (Wildman–Crippen MR) is 20.3 cm³/mol. The van der Waals surface area contributed by atoms with Crippen molar-refractivity contribution in [2.75, 3.05) is 0 Å². The standard InChI is InChI=1S/C4H5F2/c1-3(5)4(2)6/h1H2,2H3/b4-3+. The summed E-state index contributed by atoms with van der Waals surface area (Å²) in [5.74, 6) is -1.84. The van der Waals surface area contributed by atoms with E-state index in [1.807, 2.05) is 0 Å². The van der Waals surface area contributed by atoms with E-state index in [1.54, 1.807) is 0 Å². The molecule has 0 aliphatic carbocycles. The Morgan fingerprint density at radius 1 is 1.50 bits per heavy atom. The van der Waals surface area contributed by atoms with Crippen LogP contribution in [0.15, 0.2) is 11.7 Å². The molecule has 2 heteroatoms. The van der Waals surface area contributed by atoms with Gasteiger partial charge in [-0.2, -0.15) is 0 Å². The second kappa shape index (κ2) is 1.90. The van der Waals surface area contributed by atoms with Gasteiger partial charge in [-0.25, -0.2) is 8.78 Å². The van der Waals surface area contributed by atoms with Crippen molar-refractivity contribution in [3.05, 3.63) is 18.6 Å². The molecule has 0 bridgehead atoms. The van der Waals surface area contributed by atoms with Crippen molar-refractivity contribution in [2.24, 2.45) is 0 Å². The van der Waals surface area contributed by atoms with E-state index in [2.05, 4.69) is 6.92 Å². The van der Waals surface area contributed by atoms with Crippen molar-refractivity contribution in [3.8, 4) is 0 Å². The smallest absolute Gasteiger partial charge is 0.131 e. The molecular formula is C4H5F2. The lowest BCUT2D eigenvalue weighted by molar-refractivity contribution is 0.554. The van der Waals surface area contributed by atoms with Crippen LogP contribution < -0.4 is 0 Å². The van der Waals surface area contributed by atoms with Crippen molar-refractivity contribution in [1.29, 1.82) is 0 Å². The van der Waals surface area contributed by atoms with E-state index >= 15 is 0 Å². The topological polar surface area (TPSA) is 0 Å². The van der Waals surface area contributed by atoms with Gasteiger partial charge in [0, 0.05) is 6.92 Å². The molecule has 0 atom stereocenters. The van der Waals surface area contributed by atoms with Crippen molar-refractivity contribution < 1.29 is 8.78 Å².